The Hall–Kier alpha value is -0.630. The summed E-state index contributed by atoms with van der Waals surface area (Å²) >= 11 is 3.43. The molecule has 17 heavy (non-hydrogen) atoms. The van der Waals surface area contributed by atoms with Gasteiger partial charge in [-0.25, -0.2) is 4.39 Å². The van der Waals surface area contributed by atoms with E-state index in [4.69, 9.17) is 0 Å². The molecule has 0 atom stereocenters. The molecule has 0 unspecified atom stereocenters. The van der Waals surface area contributed by atoms with Gasteiger partial charge in [0.05, 0.1) is 0 Å². The van der Waals surface area contributed by atoms with Crippen LogP contribution in [-0.4, -0.2) is 5.33 Å². The molecule has 0 radical (unpaired) electrons. The minimum absolute atomic E-state index is 0.184. The van der Waals surface area contributed by atoms with Gasteiger partial charge in [-0.15, -0.1) is 0 Å². The van der Waals surface area contributed by atoms with Crippen molar-refractivity contribution in [3.05, 3.63) is 42.2 Å². The predicted octanol–water partition coefficient (Wildman–Crippen LogP) is 5.57. The summed E-state index contributed by atoms with van der Waals surface area (Å²) in [6.45, 7) is 4.06. The van der Waals surface area contributed by atoms with E-state index in [1.165, 1.54) is 44.2 Å². The molecule has 0 nitrogen and oxygen atoms in total. The first-order chi connectivity index (χ1) is 8.24. The molecule has 0 saturated carbocycles. The van der Waals surface area contributed by atoms with E-state index in [2.05, 4.69) is 22.5 Å². The molecule has 0 fully saturated rings. The summed E-state index contributed by atoms with van der Waals surface area (Å²) in [5.74, 6) is -0.184. The Morgan fingerprint density at radius 1 is 1.00 bits per heavy atom. The monoisotopic (exact) mass is 298 g/mol. The second-order valence-electron chi connectivity index (χ2n) is 4.32. The van der Waals surface area contributed by atoms with E-state index in [1.54, 1.807) is 0 Å². The topological polar surface area (TPSA) is 0 Å². The molecule has 0 aromatic heterocycles. The van der Waals surface area contributed by atoms with E-state index in [0.29, 0.717) is 0 Å². The van der Waals surface area contributed by atoms with Gasteiger partial charge in [-0.3, -0.25) is 0 Å². The van der Waals surface area contributed by atoms with Gasteiger partial charge >= 0.3 is 0 Å². The lowest BCUT2D eigenvalue weighted by Gasteiger charge is -2.05. The summed E-state index contributed by atoms with van der Waals surface area (Å²) in [5.41, 5.74) is 2.18. The fraction of sp³-hybridized carbons (Fsp3) is 0.467. The smallest absolute Gasteiger partial charge is 0.123 e. The predicted molar refractivity (Wildman–Crippen MR) is 76.9 cm³/mol. The van der Waals surface area contributed by atoms with Gasteiger partial charge in [-0.05, 0) is 42.5 Å². The van der Waals surface area contributed by atoms with Crippen LogP contribution in [0, 0.1) is 5.82 Å². The zero-order valence-electron chi connectivity index (χ0n) is 10.2. The van der Waals surface area contributed by atoms with Crippen molar-refractivity contribution in [1.29, 1.82) is 0 Å². The first-order valence-electron chi connectivity index (χ1n) is 6.23. The average Bonchev–Trinajstić information content (AvgIpc) is 2.34. The first-order valence-corrected chi connectivity index (χ1v) is 7.36. The van der Waals surface area contributed by atoms with Gasteiger partial charge in [0.1, 0.15) is 5.82 Å². The van der Waals surface area contributed by atoms with Gasteiger partial charge in [-0.2, -0.15) is 0 Å². The summed E-state index contributed by atoms with van der Waals surface area (Å²) in [5, 5.41) is 1.11. The summed E-state index contributed by atoms with van der Waals surface area (Å²) in [6.07, 6.45) is 7.31. The van der Waals surface area contributed by atoms with E-state index >= 15 is 0 Å². The number of halogens is 2. The van der Waals surface area contributed by atoms with Crippen LogP contribution in [0.15, 0.2) is 30.8 Å². The van der Waals surface area contributed by atoms with Gasteiger partial charge in [-0.1, -0.05) is 53.9 Å². The van der Waals surface area contributed by atoms with Gasteiger partial charge in [0.25, 0.3) is 0 Å². The number of allylic oxidation sites excluding steroid dienone is 1. The molecule has 0 heterocycles. The second-order valence-corrected chi connectivity index (χ2v) is 5.11. The van der Waals surface area contributed by atoms with Gasteiger partial charge < -0.3 is 0 Å². The molecule has 0 N–H and O–H groups in total. The lowest BCUT2D eigenvalue weighted by molar-refractivity contribution is 0.627. The number of rotatable bonds is 8. The van der Waals surface area contributed by atoms with Crippen LogP contribution in [0.4, 0.5) is 4.39 Å². The van der Waals surface area contributed by atoms with Gasteiger partial charge in [0.15, 0.2) is 0 Å². The zero-order valence-corrected chi connectivity index (χ0v) is 11.8. The summed E-state index contributed by atoms with van der Waals surface area (Å²) in [6, 6.07) is 6.61. The number of hydrogen-bond acceptors (Lipinski definition) is 0. The van der Waals surface area contributed by atoms with Crippen LogP contribution < -0.4 is 0 Å². The Morgan fingerprint density at radius 2 is 1.59 bits per heavy atom. The molecular weight excluding hydrogens is 279 g/mol. The maximum absolute atomic E-state index is 12.7. The molecule has 1 aromatic carbocycles. The molecule has 0 aliphatic carbocycles. The molecule has 94 valence electrons. The van der Waals surface area contributed by atoms with Crippen LogP contribution in [0.5, 0.6) is 0 Å². The molecule has 0 bridgehead atoms. The van der Waals surface area contributed by atoms with Crippen LogP contribution in [0.2, 0.25) is 0 Å². The molecule has 1 rings (SSSR count). The van der Waals surface area contributed by atoms with E-state index in [0.717, 1.165) is 22.9 Å². The highest BCUT2D eigenvalue weighted by Crippen LogP contribution is 2.20. The number of alkyl halides is 1. The first kappa shape index (κ1) is 14.4. The third-order valence-electron chi connectivity index (χ3n) is 2.86. The number of benzene rings is 1. The van der Waals surface area contributed by atoms with Gasteiger partial charge in [0, 0.05) is 5.33 Å². The standard InChI is InChI=1S/C15H20BrF/c1-13(7-5-3-2-4-6-12-16)14-8-10-15(17)11-9-14/h8-11H,1-7,12H2. The molecule has 2 heteroatoms. The van der Waals surface area contributed by atoms with Crippen LogP contribution in [0.3, 0.4) is 0 Å². The number of hydrogen-bond donors (Lipinski definition) is 0. The third kappa shape index (κ3) is 6.02. The van der Waals surface area contributed by atoms with Crippen LogP contribution in [0.1, 0.15) is 44.1 Å². The fourth-order valence-electron chi connectivity index (χ4n) is 1.79. The minimum atomic E-state index is -0.184. The molecule has 1 aromatic rings. The highest BCUT2D eigenvalue weighted by atomic mass is 79.9. The lowest BCUT2D eigenvalue weighted by atomic mass is 10.0. The third-order valence-corrected chi connectivity index (χ3v) is 3.43. The van der Waals surface area contributed by atoms with E-state index in [-0.39, 0.29) is 5.82 Å². The van der Waals surface area contributed by atoms with Crippen LogP contribution in [-0.2, 0) is 0 Å². The van der Waals surface area contributed by atoms with Crippen molar-refractivity contribution in [3.8, 4) is 0 Å². The SMILES string of the molecule is C=C(CCCCCCCBr)c1ccc(F)cc1. The fourth-order valence-corrected chi connectivity index (χ4v) is 2.19. The van der Waals surface area contributed by atoms with E-state index in [1.807, 2.05) is 12.1 Å². The van der Waals surface area contributed by atoms with Crippen LogP contribution in [0.25, 0.3) is 5.57 Å². The maximum Gasteiger partial charge on any atom is 0.123 e. The molecule has 0 aliphatic rings. The van der Waals surface area contributed by atoms with E-state index < -0.39 is 0 Å². The summed E-state index contributed by atoms with van der Waals surface area (Å²) < 4.78 is 12.7. The Labute approximate surface area is 112 Å². The molecule has 0 aliphatic heterocycles. The van der Waals surface area contributed by atoms with Crippen molar-refractivity contribution in [2.24, 2.45) is 0 Å². The minimum Gasteiger partial charge on any atom is -0.207 e. The molecular formula is C15H20BrF. The number of unbranched alkanes of at least 4 members (excludes halogenated alkanes) is 4. The molecule has 0 saturated heterocycles. The van der Waals surface area contributed by atoms with Crippen molar-refractivity contribution in [3.63, 3.8) is 0 Å². The van der Waals surface area contributed by atoms with Crippen molar-refractivity contribution in [2.45, 2.75) is 38.5 Å². The second kappa shape index (κ2) is 8.46. The Kier molecular flexibility index (Phi) is 7.18. The quantitative estimate of drug-likeness (QED) is 0.434. The Balaban J connectivity index is 2.19. The Morgan fingerprint density at radius 3 is 2.24 bits per heavy atom. The van der Waals surface area contributed by atoms with Gasteiger partial charge in [0.2, 0.25) is 0 Å². The zero-order chi connectivity index (χ0) is 12.5. The van der Waals surface area contributed by atoms with Crippen molar-refractivity contribution in [1.82, 2.24) is 0 Å². The molecule has 0 amide bonds. The van der Waals surface area contributed by atoms with Crippen molar-refractivity contribution >= 4 is 21.5 Å². The van der Waals surface area contributed by atoms with Crippen molar-refractivity contribution < 1.29 is 4.39 Å². The van der Waals surface area contributed by atoms with Crippen LogP contribution >= 0.6 is 15.9 Å². The normalized spacial score (nSPS) is 10.5. The highest BCUT2D eigenvalue weighted by Gasteiger charge is 1.99. The highest BCUT2D eigenvalue weighted by molar-refractivity contribution is 9.09. The van der Waals surface area contributed by atoms with E-state index in [9.17, 15) is 4.39 Å². The lowest BCUT2D eigenvalue weighted by Crippen LogP contribution is -1.85. The van der Waals surface area contributed by atoms with Crippen molar-refractivity contribution in [2.75, 3.05) is 5.33 Å². The summed E-state index contributed by atoms with van der Waals surface area (Å²) in [7, 11) is 0. The maximum atomic E-state index is 12.7. The Bertz CT molecular complexity index is 329. The molecule has 0 spiro atoms. The summed E-state index contributed by atoms with van der Waals surface area (Å²) in [4.78, 5) is 0. The average molecular weight is 299 g/mol. The largest absolute Gasteiger partial charge is 0.207 e.